The van der Waals surface area contributed by atoms with E-state index in [9.17, 15) is 14.4 Å². The van der Waals surface area contributed by atoms with Crippen molar-refractivity contribution in [3.8, 4) is 0 Å². The van der Waals surface area contributed by atoms with E-state index in [2.05, 4.69) is 57.2 Å². The Hall–Kier alpha value is -2.37. The fourth-order valence-corrected chi connectivity index (χ4v) is 8.33. The van der Waals surface area contributed by atoms with E-state index in [0.717, 1.165) is 77.0 Å². The number of carbonyl (C=O) groups is 3. The normalized spacial score (nSPS) is 12.2. The fourth-order valence-electron chi connectivity index (χ4n) is 8.33. The molecule has 0 bridgehead atoms. The van der Waals surface area contributed by atoms with Gasteiger partial charge in [0, 0.05) is 19.3 Å². The molecule has 0 N–H and O–H groups in total. The van der Waals surface area contributed by atoms with Gasteiger partial charge in [-0.3, -0.25) is 14.4 Å². The molecule has 0 saturated heterocycles. The van der Waals surface area contributed by atoms with Gasteiger partial charge in [0.1, 0.15) is 13.2 Å². The summed E-state index contributed by atoms with van der Waals surface area (Å²) in [4.78, 5) is 38.1. The third-order valence-electron chi connectivity index (χ3n) is 12.6. The molecule has 65 heavy (non-hydrogen) atoms. The van der Waals surface area contributed by atoms with Crippen LogP contribution in [-0.2, 0) is 28.6 Å². The summed E-state index contributed by atoms with van der Waals surface area (Å²) in [5, 5.41) is 0. The average Bonchev–Trinajstić information content (AvgIpc) is 3.30. The summed E-state index contributed by atoms with van der Waals surface area (Å²) < 4.78 is 16.9. The molecule has 0 rings (SSSR count). The Morgan fingerprint density at radius 3 is 0.892 bits per heavy atom. The molecule has 6 nitrogen and oxygen atoms in total. The largest absolute Gasteiger partial charge is 0.462 e. The number of rotatable bonds is 52. The third-order valence-corrected chi connectivity index (χ3v) is 12.6. The molecule has 1 unspecified atom stereocenters. The number of carbonyl (C=O) groups excluding carboxylic acids is 3. The van der Waals surface area contributed by atoms with Crippen LogP contribution < -0.4 is 0 Å². The lowest BCUT2D eigenvalue weighted by molar-refractivity contribution is -0.167. The smallest absolute Gasteiger partial charge is 0.306 e. The standard InChI is InChI=1S/C59H108O6/c1-4-7-10-13-16-19-22-25-27-29-30-31-33-34-37-40-43-46-49-52-58(61)64-55-56(54-63-57(60)51-48-45-42-39-36-24-21-18-15-12-9-6-3)65-59(62)53-50-47-44-41-38-35-32-28-26-23-20-17-14-11-8-5-2/h16,19,25,27,30-31,56H,4-15,17-18,20-24,26,28-29,32-55H2,1-3H3/b19-16-,27-25-,31-30-. The lowest BCUT2D eigenvalue weighted by Crippen LogP contribution is -2.30. The molecule has 0 aliphatic rings. The molecule has 1 atom stereocenters. The van der Waals surface area contributed by atoms with Crippen molar-refractivity contribution >= 4 is 17.9 Å². The van der Waals surface area contributed by atoms with Crippen molar-refractivity contribution < 1.29 is 28.6 Å². The highest BCUT2D eigenvalue weighted by molar-refractivity contribution is 5.71. The van der Waals surface area contributed by atoms with Gasteiger partial charge in [0.25, 0.3) is 0 Å². The van der Waals surface area contributed by atoms with Crippen LogP contribution in [0.3, 0.4) is 0 Å². The van der Waals surface area contributed by atoms with Gasteiger partial charge >= 0.3 is 17.9 Å². The number of hydrogen-bond donors (Lipinski definition) is 0. The number of esters is 3. The van der Waals surface area contributed by atoms with Gasteiger partial charge < -0.3 is 14.2 Å². The molecule has 0 spiro atoms. The Morgan fingerprint density at radius 1 is 0.308 bits per heavy atom. The van der Waals surface area contributed by atoms with Crippen molar-refractivity contribution in [2.75, 3.05) is 13.2 Å². The molecule has 0 aromatic carbocycles. The molecule has 0 heterocycles. The number of ether oxygens (including phenoxy) is 3. The van der Waals surface area contributed by atoms with Crippen LogP contribution in [-0.4, -0.2) is 37.2 Å². The maximum absolute atomic E-state index is 12.8. The van der Waals surface area contributed by atoms with E-state index >= 15 is 0 Å². The van der Waals surface area contributed by atoms with Crippen molar-refractivity contribution in [2.45, 2.75) is 309 Å². The lowest BCUT2D eigenvalue weighted by Gasteiger charge is -2.18. The highest BCUT2D eigenvalue weighted by Crippen LogP contribution is 2.16. The maximum atomic E-state index is 12.8. The van der Waals surface area contributed by atoms with Crippen LogP contribution in [0.15, 0.2) is 36.5 Å². The van der Waals surface area contributed by atoms with Crippen LogP contribution in [0.5, 0.6) is 0 Å². The Bertz CT molecular complexity index is 1090. The van der Waals surface area contributed by atoms with Crippen LogP contribution >= 0.6 is 0 Å². The minimum atomic E-state index is -0.772. The summed E-state index contributed by atoms with van der Waals surface area (Å²) in [5.41, 5.74) is 0. The van der Waals surface area contributed by atoms with E-state index in [4.69, 9.17) is 14.2 Å². The van der Waals surface area contributed by atoms with E-state index in [1.807, 2.05) is 0 Å². The first-order valence-electron chi connectivity index (χ1n) is 28.5. The minimum Gasteiger partial charge on any atom is -0.462 e. The molecule has 0 aromatic heterocycles. The first kappa shape index (κ1) is 62.6. The number of unbranched alkanes of at least 4 members (excludes halogenated alkanes) is 35. The fraction of sp³-hybridized carbons (Fsp3) is 0.847. The quantitative estimate of drug-likeness (QED) is 0.0262. The molecule has 0 fully saturated rings. The third kappa shape index (κ3) is 52.5. The Labute approximate surface area is 404 Å². The van der Waals surface area contributed by atoms with Crippen LogP contribution in [0.2, 0.25) is 0 Å². The highest BCUT2D eigenvalue weighted by Gasteiger charge is 2.19. The van der Waals surface area contributed by atoms with Crippen molar-refractivity contribution in [2.24, 2.45) is 0 Å². The Kier molecular flexibility index (Phi) is 52.3. The summed E-state index contributed by atoms with van der Waals surface area (Å²) in [6, 6.07) is 0. The zero-order chi connectivity index (χ0) is 47.2. The maximum Gasteiger partial charge on any atom is 0.306 e. The topological polar surface area (TPSA) is 78.9 Å². The molecule has 0 aliphatic heterocycles. The van der Waals surface area contributed by atoms with Crippen molar-refractivity contribution in [3.05, 3.63) is 36.5 Å². The van der Waals surface area contributed by atoms with Gasteiger partial charge in [-0.05, 0) is 57.8 Å². The second-order valence-corrected chi connectivity index (χ2v) is 19.2. The van der Waals surface area contributed by atoms with Gasteiger partial charge in [-0.1, -0.05) is 263 Å². The number of allylic oxidation sites excluding steroid dienone is 6. The number of hydrogen-bond acceptors (Lipinski definition) is 6. The Morgan fingerprint density at radius 2 is 0.554 bits per heavy atom. The van der Waals surface area contributed by atoms with E-state index in [1.165, 1.54) is 186 Å². The molecule has 0 radical (unpaired) electrons. The average molecular weight is 914 g/mol. The van der Waals surface area contributed by atoms with Gasteiger partial charge in [0.05, 0.1) is 0 Å². The van der Waals surface area contributed by atoms with Crippen molar-refractivity contribution in [1.82, 2.24) is 0 Å². The highest BCUT2D eigenvalue weighted by atomic mass is 16.6. The zero-order valence-electron chi connectivity index (χ0n) is 43.5. The monoisotopic (exact) mass is 913 g/mol. The summed E-state index contributed by atoms with van der Waals surface area (Å²) in [5.74, 6) is -0.867. The van der Waals surface area contributed by atoms with Gasteiger partial charge in [0.2, 0.25) is 0 Å². The molecule has 0 aliphatic carbocycles. The summed E-state index contributed by atoms with van der Waals surface area (Å²) >= 11 is 0. The first-order valence-corrected chi connectivity index (χ1v) is 28.5. The second-order valence-electron chi connectivity index (χ2n) is 19.2. The van der Waals surface area contributed by atoms with Gasteiger partial charge in [-0.2, -0.15) is 0 Å². The predicted octanol–water partition coefficient (Wildman–Crippen LogP) is 18.9. The van der Waals surface area contributed by atoms with E-state index in [1.54, 1.807) is 0 Å². The molecule has 0 aromatic rings. The van der Waals surface area contributed by atoms with Gasteiger partial charge in [-0.25, -0.2) is 0 Å². The Balaban J connectivity index is 4.34. The minimum absolute atomic E-state index is 0.0716. The van der Waals surface area contributed by atoms with E-state index in [-0.39, 0.29) is 31.1 Å². The lowest BCUT2D eigenvalue weighted by atomic mass is 10.0. The summed E-state index contributed by atoms with van der Waals surface area (Å²) in [7, 11) is 0. The molecular formula is C59H108O6. The van der Waals surface area contributed by atoms with Crippen LogP contribution in [0.1, 0.15) is 303 Å². The van der Waals surface area contributed by atoms with Crippen molar-refractivity contribution in [1.29, 1.82) is 0 Å². The van der Waals surface area contributed by atoms with Crippen molar-refractivity contribution in [3.63, 3.8) is 0 Å². The second kappa shape index (κ2) is 54.2. The molecule has 380 valence electrons. The summed E-state index contributed by atoms with van der Waals surface area (Å²) in [6.07, 6.45) is 64.1. The molecule has 0 amide bonds. The molecular weight excluding hydrogens is 805 g/mol. The van der Waals surface area contributed by atoms with Crippen LogP contribution in [0, 0.1) is 0 Å². The SMILES string of the molecule is CCCCC/C=C\C/C=C\C/C=C\CCCCCCCCC(=O)OCC(COC(=O)CCCCCCCCCCCCCC)OC(=O)CCCCCCCCCCCCCCCCCC. The first-order chi connectivity index (χ1) is 32.0. The van der Waals surface area contributed by atoms with E-state index in [0.29, 0.717) is 19.3 Å². The summed E-state index contributed by atoms with van der Waals surface area (Å²) in [6.45, 7) is 6.64. The van der Waals surface area contributed by atoms with Gasteiger partial charge in [0.15, 0.2) is 6.10 Å². The van der Waals surface area contributed by atoms with Crippen LogP contribution in [0.25, 0.3) is 0 Å². The predicted molar refractivity (Wildman–Crippen MR) is 279 cm³/mol. The zero-order valence-corrected chi connectivity index (χ0v) is 43.5. The van der Waals surface area contributed by atoms with E-state index < -0.39 is 6.10 Å². The van der Waals surface area contributed by atoms with Crippen LogP contribution in [0.4, 0.5) is 0 Å². The van der Waals surface area contributed by atoms with Gasteiger partial charge in [-0.15, -0.1) is 0 Å². The molecule has 6 heteroatoms. The molecule has 0 saturated carbocycles.